The lowest BCUT2D eigenvalue weighted by molar-refractivity contribution is 1.40. The number of halogens is 1. The molecule has 0 N–H and O–H groups in total. The molecule has 0 rings (SSSR count). The average molecular weight is 116 g/mol. The summed E-state index contributed by atoms with van der Waals surface area (Å²) in [5.41, 5.74) is 0.585. The molecule has 0 heterocycles. The minimum Gasteiger partial charge on any atom is -0.193 e. The summed E-state index contributed by atoms with van der Waals surface area (Å²) < 4.78 is 0. The number of nitrogens with zero attached hydrogens (tertiary/aromatic N) is 1. The molecule has 0 aromatic rings. The molecule has 0 saturated carbocycles. The second kappa shape index (κ2) is 2.65. The predicted molar refractivity (Wildman–Crippen MR) is 29.8 cm³/mol. The average Bonchev–Trinajstić information content (AvgIpc) is 1.65. The van der Waals surface area contributed by atoms with Gasteiger partial charge in [-0.1, -0.05) is 11.6 Å². The molecule has 0 aliphatic heterocycles. The van der Waals surface area contributed by atoms with Crippen LogP contribution in [0.5, 0.6) is 0 Å². The molecule has 1 nitrogen and oxygen atoms in total. The first kappa shape index (κ1) is 6.52. The van der Waals surface area contributed by atoms with E-state index in [0.29, 0.717) is 10.6 Å². The Labute approximate surface area is 48.2 Å². The summed E-state index contributed by atoms with van der Waals surface area (Å²) in [6.07, 6.45) is 0. The van der Waals surface area contributed by atoms with E-state index in [9.17, 15) is 0 Å². The van der Waals surface area contributed by atoms with Crippen LogP contribution in [0.15, 0.2) is 10.6 Å². The van der Waals surface area contributed by atoms with Gasteiger partial charge in [-0.15, -0.1) is 0 Å². The van der Waals surface area contributed by atoms with Crippen molar-refractivity contribution in [3.05, 3.63) is 10.6 Å². The lowest BCUT2D eigenvalue weighted by Gasteiger charge is -1.81. The highest BCUT2D eigenvalue weighted by molar-refractivity contribution is 6.29. The highest BCUT2D eigenvalue weighted by atomic mass is 35.5. The molecular weight excluding hydrogens is 110 g/mol. The van der Waals surface area contributed by atoms with E-state index in [2.05, 4.69) is 0 Å². The lowest BCUT2D eigenvalue weighted by atomic mass is 10.3. The molecule has 0 saturated heterocycles. The first-order valence-electron chi connectivity index (χ1n) is 1.91. The molecule has 0 unspecified atom stereocenters. The van der Waals surface area contributed by atoms with Crippen LogP contribution in [-0.2, 0) is 0 Å². The minimum atomic E-state index is 0.572. The second-order valence-corrected chi connectivity index (χ2v) is 1.84. The quantitative estimate of drug-likeness (QED) is 0.443. The molecule has 7 heavy (non-hydrogen) atoms. The second-order valence-electron chi connectivity index (χ2n) is 1.27. The van der Waals surface area contributed by atoms with E-state index in [1.54, 1.807) is 13.8 Å². The molecule has 0 atom stereocenters. The zero-order valence-corrected chi connectivity index (χ0v) is 5.08. The Morgan fingerprint density at radius 3 is 2.00 bits per heavy atom. The van der Waals surface area contributed by atoms with Crippen molar-refractivity contribution >= 4 is 11.6 Å². The zero-order chi connectivity index (χ0) is 5.86. The molecule has 38 valence electrons. The molecular formula is C5H6ClN. The van der Waals surface area contributed by atoms with Gasteiger partial charge in [0.25, 0.3) is 0 Å². The van der Waals surface area contributed by atoms with Crippen LogP contribution in [0.4, 0.5) is 0 Å². The summed E-state index contributed by atoms with van der Waals surface area (Å²) >= 11 is 5.39. The Balaban J connectivity index is 4.07. The van der Waals surface area contributed by atoms with Gasteiger partial charge in [0.2, 0.25) is 0 Å². The highest BCUT2D eigenvalue weighted by Gasteiger charge is 1.85. The molecule has 0 aromatic heterocycles. The Morgan fingerprint density at radius 2 is 2.00 bits per heavy atom. The van der Waals surface area contributed by atoms with Crippen LogP contribution in [0.1, 0.15) is 13.8 Å². The maximum Gasteiger partial charge on any atom is 0.0956 e. The molecule has 0 bridgehead atoms. The Bertz CT molecular complexity index is 126. The van der Waals surface area contributed by atoms with Gasteiger partial charge in [0.1, 0.15) is 0 Å². The van der Waals surface area contributed by atoms with Crippen molar-refractivity contribution in [3.63, 3.8) is 0 Å². The standard InChI is InChI=1S/C5H6ClN/c1-4(3-7)5(2)6/h1-2H3/b5-4-. The summed E-state index contributed by atoms with van der Waals surface area (Å²) in [6, 6.07) is 1.91. The SMILES string of the molecule is C/C(Cl)=C(\C)C#N. The van der Waals surface area contributed by atoms with E-state index < -0.39 is 0 Å². The summed E-state index contributed by atoms with van der Waals surface area (Å²) in [7, 11) is 0. The highest BCUT2D eigenvalue weighted by Crippen LogP contribution is 2.04. The molecule has 0 aliphatic carbocycles. The van der Waals surface area contributed by atoms with E-state index in [0.717, 1.165) is 0 Å². The summed E-state index contributed by atoms with van der Waals surface area (Å²) in [6.45, 7) is 3.38. The molecule has 0 fully saturated rings. The predicted octanol–water partition coefficient (Wildman–Crippen LogP) is 2.04. The first-order valence-corrected chi connectivity index (χ1v) is 2.29. The van der Waals surface area contributed by atoms with Crippen LogP contribution in [-0.4, -0.2) is 0 Å². The van der Waals surface area contributed by atoms with Gasteiger partial charge >= 0.3 is 0 Å². The van der Waals surface area contributed by atoms with E-state index in [4.69, 9.17) is 16.9 Å². The topological polar surface area (TPSA) is 23.8 Å². The van der Waals surface area contributed by atoms with Gasteiger partial charge < -0.3 is 0 Å². The summed E-state index contributed by atoms with van der Waals surface area (Å²) in [5, 5.41) is 8.68. The van der Waals surface area contributed by atoms with Crippen molar-refractivity contribution in [2.45, 2.75) is 13.8 Å². The van der Waals surface area contributed by atoms with E-state index in [-0.39, 0.29) is 0 Å². The van der Waals surface area contributed by atoms with E-state index >= 15 is 0 Å². The Hall–Kier alpha value is -0.480. The number of rotatable bonds is 0. The summed E-state index contributed by atoms with van der Waals surface area (Å²) in [4.78, 5) is 0. The Morgan fingerprint density at radius 1 is 1.57 bits per heavy atom. The molecule has 0 amide bonds. The van der Waals surface area contributed by atoms with Crippen LogP contribution < -0.4 is 0 Å². The minimum absolute atomic E-state index is 0.572. The van der Waals surface area contributed by atoms with Gasteiger partial charge in [-0.25, -0.2) is 0 Å². The van der Waals surface area contributed by atoms with Crippen LogP contribution >= 0.6 is 11.6 Å². The fourth-order valence-corrected chi connectivity index (χ4v) is 0.119. The van der Waals surface area contributed by atoms with Crippen LogP contribution in [0.25, 0.3) is 0 Å². The third-order valence-corrected chi connectivity index (χ3v) is 0.968. The summed E-state index contributed by atoms with van der Waals surface area (Å²) in [5.74, 6) is 0. The van der Waals surface area contributed by atoms with Crippen molar-refractivity contribution in [1.82, 2.24) is 0 Å². The van der Waals surface area contributed by atoms with Gasteiger partial charge in [-0.2, -0.15) is 5.26 Å². The smallest absolute Gasteiger partial charge is 0.0956 e. The molecule has 0 spiro atoms. The van der Waals surface area contributed by atoms with E-state index in [1.165, 1.54) is 0 Å². The van der Waals surface area contributed by atoms with Crippen molar-refractivity contribution < 1.29 is 0 Å². The van der Waals surface area contributed by atoms with Crippen LogP contribution in [0.3, 0.4) is 0 Å². The number of hydrogen-bond donors (Lipinski definition) is 0. The normalized spacial score (nSPS) is 12.3. The number of allylic oxidation sites excluding steroid dienone is 2. The van der Waals surface area contributed by atoms with Crippen LogP contribution in [0.2, 0.25) is 0 Å². The van der Waals surface area contributed by atoms with E-state index in [1.807, 2.05) is 6.07 Å². The van der Waals surface area contributed by atoms with Crippen molar-refractivity contribution in [2.75, 3.05) is 0 Å². The van der Waals surface area contributed by atoms with Gasteiger partial charge in [-0.05, 0) is 13.8 Å². The van der Waals surface area contributed by atoms with Gasteiger partial charge in [-0.3, -0.25) is 0 Å². The molecule has 0 radical (unpaired) electrons. The fraction of sp³-hybridized carbons (Fsp3) is 0.400. The lowest BCUT2D eigenvalue weighted by Crippen LogP contribution is -1.67. The van der Waals surface area contributed by atoms with Gasteiger partial charge in [0.15, 0.2) is 0 Å². The molecule has 0 aliphatic rings. The maximum absolute atomic E-state index is 8.11. The Kier molecular flexibility index (Phi) is 2.47. The largest absolute Gasteiger partial charge is 0.193 e. The van der Waals surface area contributed by atoms with Crippen molar-refractivity contribution in [1.29, 1.82) is 5.26 Å². The first-order chi connectivity index (χ1) is 3.18. The molecule has 0 aromatic carbocycles. The maximum atomic E-state index is 8.11. The third-order valence-electron chi connectivity index (χ3n) is 0.684. The third kappa shape index (κ3) is 2.24. The van der Waals surface area contributed by atoms with Crippen molar-refractivity contribution in [3.8, 4) is 6.07 Å². The zero-order valence-electron chi connectivity index (χ0n) is 4.33. The fourth-order valence-electron chi connectivity index (χ4n) is 0.0770. The van der Waals surface area contributed by atoms with Crippen molar-refractivity contribution in [2.24, 2.45) is 0 Å². The number of nitriles is 1. The number of hydrogen-bond acceptors (Lipinski definition) is 1. The van der Waals surface area contributed by atoms with Gasteiger partial charge in [0.05, 0.1) is 6.07 Å². The molecule has 2 heteroatoms. The van der Waals surface area contributed by atoms with Crippen LogP contribution in [0, 0.1) is 11.3 Å². The van der Waals surface area contributed by atoms with Gasteiger partial charge in [0, 0.05) is 10.6 Å². The monoisotopic (exact) mass is 115 g/mol.